The zero-order valence-electron chi connectivity index (χ0n) is 14.1. The molecule has 3 N–H and O–H groups in total. The van der Waals surface area contributed by atoms with E-state index in [9.17, 15) is 10.2 Å². The lowest BCUT2D eigenvalue weighted by atomic mass is 10.2. The second-order valence-electron chi connectivity index (χ2n) is 5.55. The van der Waals surface area contributed by atoms with E-state index in [1.165, 1.54) is 0 Å². The fourth-order valence-corrected chi connectivity index (χ4v) is 3.40. The van der Waals surface area contributed by atoms with E-state index in [2.05, 4.69) is 10.2 Å². The molecule has 0 aliphatic heterocycles. The van der Waals surface area contributed by atoms with Crippen molar-refractivity contribution < 1.29 is 10.2 Å². The Morgan fingerprint density at radius 2 is 1.52 bits per heavy atom. The molecule has 2 heterocycles. The van der Waals surface area contributed by atoms with E-state index in [-0.39, 0.29) is 12.2 Å². The summed E-state index contributed by atoms with van der Waals surface area (Å²) in [4.78, 5) is 4.20. The van der Waals surface area contributed by atoms with Gasteiger partial charge in [-0.25, -0.2) is 0 Å². The van der Waals surface area contributed by atoms with Crippen LogP contribution in [0.4, 0.5) is 0 Å². The molecule has 0 spiro atoms. The fourth-order valence-electron chi connectivity index (χ4n) is 1.91. The molecule has 2 unspecified atom stereocenters. The zero-order valence-corrected chi connectivity index (χ0v) is 15.7. The van der Waals surface area contributed by atoms with Gasteiger partial charge in [-0.3, -0.25) is 0 Å². The summed E-state index contributed by atoms with van der Waals surface area (Å²) < 4.78 is 0. The van der Waals surface area contributed by atoms with Crippen molar-refractivity contribution in [3.05, 3.63) is 44.8 Å². The highest BCUT2D eigenvalue weighted by molar-refractivity contribution is 7.10. The molecule has 0 fully saturated rings. The number of hydrogen-bond donors (Lipinski definition) is 3. The van der Waals surface area contributed by atoms with Gasteiger partial charge >= 0.3 is 0 Å². The topological polar surface area (TPSA) is 55.7 Å². The molecule has 2 aromatic rings. The molecule has 0 amide bonds. The molecule has 0 aliphatic carbocycles. The van der Waals surface area contributed by atoms with Gasteiger partial charge in [0, 0.05) is 16.3 Å². The number of hydrogen-bond acceptors (Lipinski definition) is 6. The van der Waals surface area contributed by atoms with Crippen LogP contribution in [0.3, 0.4) is 0 Å². The molecule has 130 valence electrons. The van der Waals surface area contributed by atoms with Gasteiger partial charge in [-0.1, -0.05) is 12.1 Å². The molecule has 0 aromatic carbocycles. The lowest BCUT2D eigenvalue weighted by molar-refractivity contribution is 0.158. The van der Waals surface area contributed by atoms with Crippen LogP contribution in [0.2, 0.25) is 0 Å². The lowest BCUT2D eigenvalue weighted by Gasteiger charge is -2.12. The minimum Gasteiger partial charge on any atom is -0.388 e. The molecule has 0 aliphatic rings. The average Bonchev–Trinajstić information content (AvgIpc) is 3.23. The summed E-state index contributed by atoms with van der Waals surface area (Å²) in [6.45, 7) is 1.79. The Kier molecular flexibility index (Phi) is 10.3. The normalized spacial score (nSPS) is 13.5. The average molecular weight is 357 g/mol. The van der Waals surface area contributed by atoms with Crippen LogP contribution in [0.1, 0.15) is 34.8 Å². The van der Waals surface area contributed by atoms with E-state index in [1.807, 2.05) is 56.2 Å². The van der Waals surface area contributed by atoms with Crippen molar-refractivity contribution in [2.45, 2.75) is 25.0 Å². The SMILES string of the molecule is CN(C)CCC(O)c1cccs1.CNCCC(O)c1cccs1. The first-order chi connectivity index (χ1) is 11.0. The maximum atomic E-state index is 9.64. The summed E-state index contributed by atoms with van der Waals surface area (Å²) >= 11 is 3.22. The van der Waals surface area contributed by atoms with Crippen LogP contribution in [0.15, 0.2) is 35.0 Å². The van der Waals surface area contributed by atoms with Crippen molar-refractivity contribution in [3.63, 3.8) is 0 Å². The summed E-state index contributed by atoms with van der Waals surface area (Å²) in [6.07, 6.45) is 1.03. The first kappa shape index (κ1) is 20.3. The van der Waals surface area contributed by atoms with Crippen molar-refractivity contribution in [3.8, 4) is 0 Å². The van der Waals surface area contributed by atoms with Crippen molar-refractivity contribution in [1.82, 2.24) is 10.2 Å². The largest absolute Gasteiger partial charge is 0.388 e. The van der Waals surface area contributed by atoms with E-state index >= 15 is 0 Å². The molecule has 0 radical (unpaired) electrons. The van der Waals surface area contributed by atoms with Gasteiger partial charge in [0.25, 0.3) is 0 Å². The van der Waals surface area contributed by atoms with Crippen LogP contribution in [0.25, 0.3) is 0 Å². The Morgan fingerprint density at radius 3 is 1.91 bits per heavy atom. The van der Waals surface area contributed by atoms with E-state index in [4.69, 9.17) is 0 Å². The molecule has 2 atom stereocenters. The molecular weight excluding hydrogens is 328 g/mol. The van der Waals surface area contributed by atoms with Crippen LogP contribution in [0, 0.1) is 0 Å². The van der Waals surface area contributed by atoms with Crippen molar-refractivity contribution in [2.75, 3.05) is 34.2 Å². The third-order valence-corrected chi connectivity index (χ3v) is 5.21. The van der Waals surface area contributed by atoms with Gasteiger partial charge in [-0.15, -0.1) is 22.7 Å². The quantitative estimate of drug-likeness (QED) is 0.680. The predicted octanol–water partition coefficient (Wildman–Crippen LogP) is 3.12. The van der Waals surface area contributed by atoms with Gasteiger partial charge in [0.15, 0.2) is 0 Å². The van der Waals surface area contributed by atoms with E-state index in [0.717, 1.165) is 35.7 Å². The Morgan fingerprint density at radius 1 is 1.00 bits per heavy atom. The highest BCUT2D eigenvalue weighted by Gasteiger charge is 2.08. The third-order valence-electron chi connectivity index (χ3n) is 3.26. The summed E-state index contributed by atoms with van der Waals surface area (Å²) in [5.74, 6) is 0. The fraction of sp³-hybridized carbons (Fsp3) is 0.529. The van der Waals surface area contributed by atoms with Gasteiger partial charge in [0.05, 0.1) is 12.2 Å². The first-order valence-electron chi connectivity index (χ1n) is 7.76. The van der Waals surface area contributed by atoms with E-state index in [1.54, 1.807) is 22.7 Å². The molecule has 2 rings (SSSR count). The summed E-state index contributed by atoms with van der Waals surface area (Å²) in [5.41, 5.74) is 0. The van der Waals surface area contributed by atoms with E-state index in [0.29, 0.717) is 0 Å². The molecule has 0 saturated heterocycles. The molecule has 4 nitrogen and oxygen atoms in total. The van der Waals surface area contributed by atoms with Gasteiger partial charge in [0.1, 0.15) is 0 Å². The second kappa shape index (κ2) is 11.7. The van der Waals surface area contributed by atoms with Crippen LogP contribution in [-0.4, -0.2) is 49.3 Å². The molecule has 2 aromatic heterocycles. The highest BCUT2D eigenvalue weighted by atomic mass is 32.1. The van der Waals surface area contributed by atoms with Crippen LogP contribution in [-0.2, 0) is 0 Å². The Labute approximate surface area is 147 Å². The lowest BCUT2D eigenvalue weighted by Crippen LogP contribution is -2.15. The number of aliphatic hydroxyl groups is 2. The minimum absolute atomic E-state index is 0.285. The number of rotatable bonds is 8. The molecule has 0 saturated carbocycles. The maximum Gasteiger partial charge on any atom is 0.0894 e. The van der Waals surface area contributed by atoms with Crippen molar-refractivity contribution in [2.24, 2.45) is 0 Å². The zero-order chi connectivity index (χ0) is 17.1. The monoisotopic (exact) mass is 356 g/mol. The van der Waals surface area contributed by atoms with Gasteiger partial charge in [-0.05, 0) is 63.4 Å². The summed E-state index contributed by atoms with van der Waals surface area (Å²) in [6, 6.07) is 7.87. The van der Waals surface area contributed by atoms with Crippen molar-refractivity contribution >= 4 is 22.7 Å². The maximum absolute atomic E-state index is 9.64. The molecule has 0 bridgehead atoms. The molecular formula is C17H28N2O2S2. The van der Waals surface area contributed by atoms with Crippen LogP contribution >= 0.6 is 22.7 Å². The standard InChI is InChI=1S/C9H15NOS.C8H13NOS/c1-10(2)6-5-8(11)9-4-3-7-12-9;1-9-5-4-7(10)8-3-2-6-11-8/h3-4,7-8,11H,5-6H2,1-2H3;2-3,6-7,9-10H,4-5H2,1H3. The number of thiophene rings is 2. The third kappa shape index (κ3) is 8.60. The Hall–Kier alpha value is -0.760. The Balaban J connectivity index is 0.000000231. The number of nitrogens with one attached hydrogen (secondary N) is 1. The highest BCUT2D eigenvalue weighted by Crippen LogP contribution is 2.21. The summed E-state index contributed by atoms with van der Waals surface area (Å²) in [5, 5.41) is 26.1. The van der Waals surface area contributed by atoms with Crippen LogP contribution < -0.4 is 5.32 Å². The molecule has 6 heteroatoms. The molecule has 23 heavy (non-hydrogen) atoms. The number of aliphatic hydroxyl groups excluding tert-OH is 2. The first-order valence-corrected chi connectivity index (χ1v) is 9.52. The van der Waals surface area contributed by atoms with E-state index < -0.39 is 0 Å². The predicted molar refractivity (Wildman–Crippen MR) is 100 cm³/mol. The Bertz CT molecular complexity index is 487. The summed E-state index contributed by atoms with van der Waals surface area (Å²) in [7, 11) is 5.92. The second-order valence-corrected chi connectivity index (χ2v) is 7.51. The van der Waals surface area contributed by atoms with Gasteiger partial charge in [0.2, 0.25) is 0 Å². The minimum atomic E-state index is -0.289. The number of nitrogens with zero attached hydrogens (tertiary/aromatic N) is 1. The van der Waals surface area contributed by atoms with Gasteiger partial charge < -0.3 is 20.4 Å². The smallest absolute Gasteiger partial charge is 0.0894 e. The van der Waals surface area contributed by atoms with Crippen molar-refractivity contribution in [1.29, 1.82) is 0 Å². The van der Waals surface area contributed by atoms with Crippen LogP contribution in [0.5, 0.6) is 0 Å². The van der Waals surface area contributed by atoms with Gasteiger partial charge in [-0.2, -0.15) is 0 Å².